The molecule has 1 saturated heterocycles. The van der Waals surface area contributed by atoms with Gasteiger partial charge in [-0.05, 0) is 55.3 Å². The third-order valence-electron chi connectivity index (χ3n) is 5.77. The lowest BCUT2D eigenvalue weighted by atomic mass is 9.97. The molecule has 0 radical (unpaired) electrons. The minimum absolute atomic E-state index is 0.0628. The van der Waals surface area contributed by atoms with Gasteiger partial charge >= 0.3 is 6.01 Å². The summed E-state index contributed by atoms with van der Waals surface area (Å²) in [6, 6.07) is 15.1. The Morgan fingerprint density at radius 1 is 1.09 bits per heavy atom. The number of aryl methyl sites for hydroxylation is 1. The average molecular weight is 501 g/mol. The Labute approximate surface area is 204 Å². The van der Waals surface area contributed by atoms with Gasteiger partial charge in [-0.3, -0.25) is 10.1 Å². The van der Waals surface area contributed by atoms with Crippen molar-refractivity contribution in [1.29, 1.82) is 0 Å². The van der Waals surface area contributed by atoms with E-state index < -0.39 is 10.0 Å². The van der Waals surface area contributed by atoms with Crippen LogP contribution in [0.1, 0.15) is 36.8 Å². The van der Waals surface area contributed by atoms with Crippen molar-refractivity contribution in [3.8, 4) is 0 Å². The van der Waals surface area contributed by atoms with Crippen LogP contribution in [0.3, 0.4) is 0 Å². The first-order valence-electron chi connectivity index (χ1n) is 11.3. The molecule has 0 saturated carbocycles. The number of carbonyl (C=O) groups is 1. The number of aromatic nitrogens is 2. The van der Waals surface area contributed by atoms with Gasteiger partial charge in [0.15, 0.2) is 0 Å². The standard InChI is InChI=1S/C24H28N4O4S2/c1-3-33-20-8-6-18(7-9-20)16-22-26-27-24(32-22)25-23(29)19-12-14-28(15-13-19)34(30,31)21-10-4-17(2)5-11-21/h4-11,19H,3,12-16H2,1-2H3,(H,25,27,29). The highest BCUT2D eigenvalue weighted by atomic mass is 32.2. The molecule has 180 valence electrons. The highest BCUT2D eigenvalue weighted by molar-refractivity contribution is 7.99. The zero-order chi connectivity index (χ0) is 24.1. The van der Waals surface area contributed by atoms with Crippen LogP contribution in [0.4, 0.5) is 6.01 Å². The van der Waals surface area contributed by atoms with Gasteiger partial charge < -0.3 is 4.42 Å². The van der Waals surface area contributed by atoms with Crippen molar-refractivity contribution in [2.24, 2.45) is 5.92 Å². The SMILES string of the molecule is CCSc1ccc(Cc2nnc(NC(=O)C3CCN(S(=O)(=O)c4ccc(C)cc4)CC3)o2)cc1. The second-order valence-electron chi connectivity index (χ2n) is 8.24. The van der Waals surface area contributed by atoms with Crippen molar-refractivity contribution < 1.29 is 17.6 Å². The normalized spacial score (nSPS) is 15.4. The highest BCUT2D eigenvalue weighted by Crippen LogP contribution is 2.25. The Kier molecular flexibility index (Phi) is 7.70. The molecule has 0 aliphatic carbocycles. The third kappa shape index (κ3) is 5.86. The number of piperidine rings is 1. The van der Waals surface area contributed by atoms with Crippen LogP contribution in [0.25, 0.3) is 0 Å². The second kappa shape index (κ2) is 10.7. The molecule has 0 atom stereocenters. The monoisotopic (exact) mass is 500 g/mol. The van der Waals surface area contributed by atoms with E-state index in [9.17, 15) is 13.2 Å². The molecule has 34 heavy (non-hydrogen) atoms. The van der Waals surface area contributed by atoms with E-state index in [2.05, 4.69) is 34.6 Å². The van der Waals surface area contributed by atoms with Crippen LogP contribution in [0.5, 0.6) is 0 Å². The molecule has 0 bridgehead atoms. The number of benzene rings is 2. The number of amides is 1. The fourth-order valence-electron chi connectivity index (χ4n) is 3.85. The Morgan fingerprint density at radius 3 is 2.41 bits per heavy atom. The molecule has 2 heterocycles. The molecule has 10 heteroatoms. The fourth-order valence-corrected chi connectivity index (χ4v) is 5.98. The summed E-state index contributed by atoms with van der Waals surface area (Å²) in [5, 5.41) is 10.6. The van der Waals surface area contributed by atoms with E-state index in [4.69, 9.17) is 4.42 Å². The van der Waals surface area contributed by atoms with Crippen LogP contribution in [-0.4, -0.2) is 47.7 Å². The predicted molar refractivity (Wildman–Crippen MR) is 131 cm³/mol. The molecule has 0 spiro atoms. The Balaban J connectivity index is 1.29. The first kappa shape index (κ1) is 24.4. The minimum Gasteiger partial charge on any atom is -0.407 e. The molecule has 8 nitrogen and oxygen atoms in total. The van der Waals surface area contributed by atoms with Crippen molar-refractivity contribution in [2.45, 2.75) is 42.9 Å². The van der Waals surface area contributed by atoms with Crippen LogP contribution in [-0.2, 0) is 21.2 Å². The van der Waals surface area contributed by atoms with Crippen molar-refractivity contribution in [3.63, 3.8) is 0 Å². The van der Waals surface area contributed by atoms with E-state index in [1.807, 2.05) is 19.1 Å². The number of anilines is 1. The zero-order valence-electron chi connectivity index (χ0n) is 19.2. The van der Waals surface area contributed by atoms with E-state index in [1.54, 1.807) is 36.0 Å². The summed E-state index contributed by atoms with van der Waals surface area (Å²) in [6.45, 7) is 4.60. The van der Waals surface area contributed by atoms with Crippen molar-refractivity contribution in [1.82, 2.24) is 14.5 Å². The van der Waals surface area contributed by atoms with E-state index in [0.717, 1.165) is 16.9 Å². The molecule has 1 fully saturated rings. The topological polar surface area (TPSA) is 105 Å². The first-order chi connectivity index (χ1) is 16.3. The molecule has 1 aromatic heterocycles. The maximum Gasteiger partial charge on any atom is 0.322 e. The van der Waals surface area contributed by atoms with Crippen molar-refractivity contribution in [2.75, 3.05) is 24.2 Å². The molecular weight excluding hydrogens is 472 g/mol. The maximum absolute atomic E-state index is 12.9. The number of rotatable bonds is 8. The first-order valence-corrected chi connectivity index (χ1v) is 13.7. The van der Waals surface area contributed by atoms with Gasteiger partial charge in [-0.25, -0.2) is 8.42 Å². The lowest BCUT2D eigenvalue weighted by Gasteiger charge is -2.30. The molecular formula is C24H28N4O4S2. The predicted octanol–water partition coefficient (Wildman–Crippen LogP) is 4.12. The quantitative estimate of drug-likeness (QED) is 0.464. The van der Waals surface area contributed by atoms with Crippen LogP contribution >= 0.6 is 11.8 Å². The maximum atomic E-state index is 12.9. The highest BCUT2D eigenvalue weighted by Gasteiger charge is 2.32. The molecule has 1 N–H and O–H groups in total. The van der Waals surface area contributed by atoms with E-state index in [1.165, 1.54) is 9.20 Å². The summed E-state index contributed by atoms with van der Waals surface area (Å²) in [5.41, 5.74) is 2.05. The number of hydrogen-bond acceptors (Lipinski definition) is 7. The lowest BCUT2D eigenvalue weighted by molar-refractivity contribution is -0.121. The van der Waals surface area contributed by atoms with Crippen LogP contribution in [0.15, 0.2) is 62.7 Å². The summed E-state index contributed by atoms with van der Waals surface area (Å²) in [5.74, 6) is 0.894. The van der Waals surface area contributed by atoms with Gasteiger partial charge in [-0.15, -0.1) is 16.9 Å². The molecule has 1 amide bonds. The molecule has 1 aliphatic rings. The van der Waals surface area contributed by atoms with E-state index in [-0.39, 0.29) is 35.8 Å². The second-order valence-corrected chi connectivity index (χ2v) is 11.5. The minimum atomic E-state index is -3.56. The Bertz CT molecular complexity index is 1220. The van der Waals surface area contributed by atoms with Gasteiger partial charge in [0, 0.05) is 23.9 Å². The number of sulfonamides is 1. The Morgan fingerprint density at radius 2 is 1.76 bits per heavy atom. The number of nitrogens with one attached hydrogen (secondary N) is 1. The number of hydrogen-bond donors (Lipinski definition) is 1. The molecule has 1 aliphatic heterocycles. The smallest absolute Gasteiger partial charge is 0.322 e. The van der Waals surface area contributed by atoms with Crippen molar-refractivity contribution >= 4 is 33.7 Å². The summed E-state index contributed by atoms with van der Waals surface area (Å²) in [4.78, 5) is 14.2. The molecule has 0 unspecified atom stereocenters. The van der Waals surface area contributed by atoms with Gasteiger partial charge in [0.05, 0.1) is 11.3 Å². The van der Waals surface area contributed by atoms with Gasteiger partial charge in [-0.2, -0.15) is 4.31 Å². The zero-order valence-corrected chi connectivity index (χ0v) is 20.9. The summed E-state index contributed by atoms with van der Waals surface area (Å²) in [6.07, 6.45) is 1.34. The molecule has 2 aromatic carbocycles. The van der Waals surface area contributed by atoms with Gasteiger partial charge in [0.25, 0.3) is 0 Å². The number of carbonyl (C=O) groups excluding carboxylic acids is 1. The fraction of sp³-hybridized carbons (Fsp3) is 0.375. The van der Waals surface area contributed by atoms with Crippen LogP contribution in [0.2, 0.25) is 0 Å². The van der Waals surface area contributed by atoms with Crippen molar-refractivity contribution in [3.05, 3.63) is 65.5 Å². The van der Waals surface area contributed by atoms with Crippen LogP contribution < -0.4 is 5.32 Å². The average Bonchev–Trinajstić information content (AvgIpc) is 3.27. The Hall–Kier alpha value is -2.69. The van der Waals surface area contributed by atoms with E-state index in [0.29, 0.717) is 25.2 Å². The van der Waals surface area contributed by atoms with Crippen LogP contribution in [0, 0.1) is 12.8 Å². The third-order valence-corrected chi connectivity index (χ3v) is 8.58. The number of thioether (sulfide) groups is 1. The summed E-state index contributed by atoms with van der Waals surface area (Å²) >= 11 is 1.78. The van der Waals surface area contributed by atoms with Gasteiger partial charge in [0.1, 0.15) is 0 Å². The summed E-state index contributed by atoms with van der Waals surface area (Å²) in [7, 11) is -3.56. The molecule has 4 rings (SSSR count). The van der Waals surface area contributed by atoms with Gasteiger partial charge in [-0.1, -0.05) is 41.9 Å². The van der Waals surface area contributed by atoms with Gasteiger partial charge in [0.2, 0.25) is 21.8 Å². The van der Waals surface area contributed by atoms with E-state index >= 15 is 0 Å². The lowest BCUT2D eigenvalue weighted by Crippen LogP contribution is -2.41. The number of nitrogens with zero attached hydrogens (tertiary/aromatic N) is 3. The largest absolute Gasteiger partial charge is 0.407 e. The summed E-state index contributed by atoms with van der Waals surface area (Å²) < 4.78 is 32.8. The molecule has 3 aromatic rings.